The normalized spacial score (nSPS) is 15.0. The van der Waals surface area contributed by atoms with Crippen molar-refractivity contribution in [3.8, 4) is 0 Å². The molecule has 1 aliphatic rings. The Hall–Kier alpha value is -2.21. The minimum absolute atomic E-state index is 0.0656. The Balaban J connectivity index is 1.62. The van der Waals surface area contributed by atoms with Crippen LogP contribution in [0.3, 0.4) is 0 Å². The van der Waals surface area contributed by atoms with Crippen LogP contribution in [0, 0.1) is 0 Å². The number of carbonyl (C=O) groups is 1. The number of carbonyl (C=O) groups excluding carboxylic acids is 1. The molecule has 0 radical (unpaired) electrons. The Morgan fingerprint density at radius 2 is 1.88 bits per heavy atom. The first-order chi connectivity index (χ1) is 12.8. The summed E-state index contributed by atoms with van der Waals surface area (Å²) in [6.07, 6.45) is 0. The Morgan fingerprint density at radius 1 is 1.12 bits per heavy atom. The van der Waals surface area contributed by atoms with Gasteiger partial charge in [-0.15, -0.1) is 0 Å². The number of methoxy groups -OCH3 is 1. The van der Waals surface area contributed by atoms with Gasteiger partial charge in [-0.2, -0.15) is 0 Å². The van der Waals surface area contributed by atoms with Gasteiger partial charge in [0.2, 0.25) is 0 Å². The molecule has 5 heteroatoms. The van der Waals surface area contributed by atoms with E-state index in [1.807, 2.05) is 30.3 Å². The smallest absolute Gasteiger partial charge is 0.251 e. The van der Waals surface area contributed by atoms with E-state index in [2.05, 4.69) is 28.4 Å². The molecule has 0 unspecified atom stereocenters. The lowest BCUT2D eigenvalue weighted by Crippen LogP contribution is -2.36. The predicted molar refractivity (Wildman–Crippen MR) is 101 cm³/mol. The maximum absolute atomic E-state index is 12.5. The summed E-state index contributed by atoms with van der Waals surface area (Å²) in [5.74, 6) is -0.0656. The van der Waals surface area contributed by atoms with Gasteiger partial charge in [0.25, 0.3) is 5.91 Å². The third kappa shape index (κ3) is 5.14. The first-order valence-corrected chi connectivity index (χ1v) is 8.99. The van der Waals surface area contributed by atoms with Crippen LogP contribution in [-0.2, 0) is 29.2 Å². The molecule has 5 nitrogen and oxygen atoms in total. The molecule has 1 N–H and O–H groups in total. The van der Waals surface area contributed by atoms with E-state index in [1.165, 1.54) is 5.56 Å². The molecule has 0 spiro atoms. The summed E-state index contributed by atoms with van der Waals surface area (Å²) >= 11 is 0. The van der Waals surface area contributed by atoms with Gasteiger partial charge in [-0.1, -0.05) is 36.4 Å². The van der Waals surface area contributed by atoms with Crippen LogP contribution in [0.1, 0.15) is 27.0 Å². The van der Waals surface area contributed by atoms with Crippen molar-refractivity contribution in [3.05, 3.63) is 70.8 Å². The Labute approximate surface area is 154 Å². The van der Waals surface area contributed by atoms with E-state index in [0.717, 1.165) is 44.0 Å². The van der Waals surface area contributed by atoms with Crippen molar-refractivity contribution < 1.29 is 14.3 Å². The van der Waals surface area contributed by atoms with Crippen LogP contribution in [0.25, 0.3) is 0 Å². The summed E-state index contributed by atoms with van der Waals surface area (Å²) in [6.45, 7) is 5.39. The molecule has 0 aliphatic carbocycles. The SMILES string of the molecule is COCc1cccc(C(=O)NCc2ccccc2CN2CCOCC2)c1. The fourth-order valence-electron chi connectivity index (χ4n) is 3.13. The third-order valence-corrected chi connectivity index (χ3v) is 4.56. The van der Waals surface area contributed by atoms with Crippen molar-refractivity contribution in [3.63, 3.8) is 0 Å². The zero-order valence-electron chi connectivity index (χ0n) is 15.2. The van der Waals surface area contributed by atoms with Gasteiger partial charge in [0.05, 0.1) is 19.8 Å². The van der Waals surface area contributed by atoms with E-state index in [4.69, 9.17) is 9.47 Å². The molecular weight excluding hydrogens is 328 g/mol. The van der Waals surface area contributed by atoms with Crippen LogP contribution >= 0.6 is 0 Å². The number of rotatable bonds is 7. The number of hydrogen-bond donors (Lipinski definition) is 1. The van der Waals surface area contributed by atoms with Crippen LogP contribution in [-0.4, -0.2) is 44.2 Å². The molecule has 0 bridgehead atoms. The number of hydrogen-bond acceptors (Lipinski definition) is 4. The summed E-state index contributed by atoms with van der Waals surface area (Å²) in [5.41, 5.74) is 4.06. The lowest BCUT2D eigenvalue weighted by molar-refractivity contribution is 0.0340. The number of amides is 1. The van der Waals surface area contributed by atoms with Gasteiger partial charge in [0.15, 0.2) is 0 Å². The van der Waals surface area contributed by atoms with Crippen molar-refractivity contribution in [2.75, 3.05) is 33.4 Å². The molecule has 26 heavy (non-hydrogen) atoms. The van der Waals surface area contributed by atoms with Crippen LogP contribution in [0.15, 0.2) is 48.5 Å². The first-order valence-electron chi connectivity index (χ1n) is 8.99. The molecule has 1 heterocycles. The van der Waals surface area contributed by atoms with E-state index in [0.29, 0.717) is 18.7 Å². The van der Waals surface area contributed by atoms with E-state index < -0.39 is 0 Å². The highest BCUT2D eigenvalue weighted by Crippen LogP contribution is 2.13. The Bertz CT molecular complexity index is 727. The highest BCUT2D eigenvalue weighted by atomic mass is 16.5. The number of morpholine rings is 1. The van der Waals surface area contributed by atoms with Crippen LogP contribution in [0.5, 0.6) is 0 Å². The zero-order chi connectivity index (χ0) is 18.2. The second-order valence-corrected chi connectivity index (χ2v) is 6.47. The average Bonchev–Trinajstić information content (AvgIpc) is 2.68. The second-order valence-electron chi connectivity index (χ2n) is 6.47. The van der Waals surface area contributed by atoms with Crippen molar-refractivity contribution in [1.29, 1.82) is 0 Å². The zero-order valence-corrected chi connectivity index (χ0v) is 15.2. The fourth-order valence-corrected chi connectivity index (χ4v) is 3.13. The minimum atomic E-state index is -0.0656. The largest absolute Gasteiger partial charge is 0.380 e. The minimum Gasteiger partial charge on any atom is -0.380 e. The highest BCUT2D eigenvalue weighted by molar-refractivity contribution is 5.94. The standard InChI is InChI=1S/C21H26N2O3/c1-25-16-17-5-4-8-18(13-17)21(24)22-14-19-6-2-3-7-20(19)15-23-9-11-26-12-10-23/h2-8,13H,9-12,14-16H2,1H3,(H,22,24). The van der Waals surface area contributed by atoms with Gasteiger partial charge in [-0.25, -0.2) is 0 Å². The molecule has 138 valence electrons. The Kier molecular flexibility index (Phi) is 6.77. The van der Waals surface area contributed by atoms with Crippen molar-refractivity contribution in [2.45, 2.75) is 19.7 Å². The number of nitrogens with zero attached hydrogens (tertiary/aromatic N) is 1. The number of ether oxygens (including phenoxy) is 2. The molecule has 3 rings (SSSR count). The second kappa shape index (κ2) is 9.48. The van der Waals surface area contributed by atoms with Crippen molar-refractivity contribution >= 4 is 5.91 Å². The van der Waals surface area contributed by atoms with Gasteiger partial charge in [-0.3, -0.25) is 9.69 Å². The van der Waals surface area contributed by atoms with E-state index in [1.54, 1.807) is 7.11 Å². The molecule has 1 fully saturated rings. The van der Waals surface area contributed by atoms with Gasteiger partial charge in [0, 0.05) is 38.9 Å². The van der Waals surface area contributed by atoms with Crippen LogP contribution in [0.4, 0.5) is 0 Å². The summed E-state index contributed by atoms with van der Waals surface area (Å²) in [6, 6.07) is 15.8. The summed E-state index contributed by atoms with van der Waals surface area (Å²) in [7, 11) is 1.65. The highest BCUT2D eigenvalue weighted by Gasteiger charge is 2.13. The number of nitrogens with one attached hydrogen (secondary N) is 1. The maximum Gasteiger partial charge on any atom is 0.251 e. The van der Waals surface area contributed by atoms with Gasteiger partial charge < -0.3 is 14.8 Å². The fraction of sp³-hybridized carbons (Fsp3) is 0.381. The summed E-state index contributed by atoms with van der Waals surface area (Å²) in [5, 5.41) is 3.04. The molecule has 2 aromatic carbocycles. The molecule has 0 aromatic heterocycles. The van der Waals surface area contributed by atoms with Gasteiger partial charge >= 0.3 is 0 Å². The lowest BCUT2D eigenvalue weighted by atomic mass is 10.1. The predicted octanol–water partition coefficient (Wildman–Crippen LogP) is 2.60. The van der Waals surface area contributed by atoms with E-state index in [9.17, 15) is 4.79 Å². The summed E-state index contributed by atoms with van der Waals surface area (Å²) in [4.78, 5) is 14.9. The van der Waals surface area contributed by atoms with Crippen molar-refractivity contribution in [1.82, 2.24) is 10.2 Å². The maximum atomic E-state index is 12.5. The topological polar surface area (TPSA) is 50.8 Å². The van der Waals surface area contributed by atoms with E-state index in [-0.39, 0.29) is 5.91 Å². The van der Waals surface area contributed by atoms with Gasteiger partial charge in [0.1, 0.15) is 0 Å². The van der Waals surface area contributed by atoms with Crippen molar-refractivity contribution in [2.24, 2.45) is 0 Å². The average molecular weight is 354 g/mol. The quantitative estimate of drug-likeness (QED) is 0.830. The lowest BCUT2D eigenvalue weighted by Gasteiger charge is -2.27. The molecule has 1 amide bonds. The van der Waals surface area contributed by atoms with Gasteiger partial charge in [-0.05, 0) is 28.8 Å². The Morgan fingerprint density at radius 3 is 2.65 bits per heavy atom. The first kappa shape index (κ1) is 18.6. The van der Waals surface area contributed by atoms with E-state index >= 15 is 0 Å². The monoisotopic (exact) mass is 354 g/mol. The molecule has 0 atom stereocenters. The number of benzene rings is 2. The molecule has 1 aliphatic heterocycles. The molecule has 0 saturated carbocycles. The third-order valence-electron chi connectivity index (χ3n) is 4.56. The van der Waals surface area contributed by atoms with Crippen LogP contribution < -0.4 is 5.32 Å². The molecular formula is C21H26N2O3. The summed E-state index contributed by atoms with van der Waals surface area (Å²) < 4.78 is 10.5. The van der Waals surface area contributed by atoms with Crippen LogP contribution in [0.2, 0.25) is 0 Å². The molecule has 2 aromatic rings. The molecule has 1 saturated heterocycles.